The van der Waals surface area contributed by atoms with Crippen LogP contribution in [0.1, 0.15) is 12.8 Å². The summed E-state index contributed by atoms with van der Waals surface area (Å²) in [7, 11) is 0. The fraction of sp³-hybridized carbons (Fsp3) is 0.444. The van der Waals surface area contributed by atoms with Gasteiger partial charge in [0.05, 0.1) is 0 Å². The van der Waals surface area contributed by atoms with Crippen LogP contribution in [0.3, 0.4) is 0 Å². The topological polar surface area (TPSA) is 0 Å². The van der Waals surface area contributed by atoms with Gasteiger partial charge in [-0.05, 0) is 5.92 Å². The van der Waals surface area contributed by atoms with Gasteiger partial charge in [-0.3, -0.25) is 0 Å². The van der Waals surface area contributed by atoms with Crippen LogP contribution in [0.15, 0.2) is 24.3 Å². The molecular formula is C9H13Cl2Zr-. The maximum atomic E-state index is 2.42. The van der Waals surface area contributed by atoms with Crippen LogP contribution in [-0.2, 0) is 26.2 Å². The van der Waals surface area contributed by atoms with Gasteiger partial charge in [-0.1, -0.05) is 24.6 Å². The van der Waals surface area contributed by atoms with Crippen molar-refractivity contribution < 1.29 is 26.2 Å². The van der Waals surface area contributed by atoms with Crippen molar-refractivity contribution in [2.24, 2.45) is 11.8 Å². The van der Waals surface area contributed by atoms with E-state index in [9.17, 15) is 0 Å². The number of hydrogen-bond acceptors (Lipinski definition) is 0. The number of allylic oxidation sites excluding steroid dienone is 4. The van der Waals surface area contributed by atoms with Crippen molar-refractivity contribution in [1.82, 2.24) is 0 Å². The van der Waals surface area contributed by atoms with Crippen molar-refractivity contribution in [1.29, 1.82) is 0 Å². The van der Waals surface area contributed by atoms with Crippen LogP contribution in [0.4, 0.5) is 0 Å². The van der Waals surface area contributed by atoms with Crippen LogP contribution in [0.25, 0.3) is 0 Å². The average molecular weight is 283 g/mol. The second kappa shape index (κ2) is 7.36. The molecule has 0 N–H and O–H groups in total. The molecule has 12 heavy (non-hydrogen) atoms. The van der Waals surface area contributed by atoms with E-state index >= 15 is 0 Å². The molecular weight excluding hydrogens is 270 g/mol. The summed E-state index contributed by atoms with van der Waals surface area (Å²) in [6.07, 6.45) is 14.1. The molecule has 0 aromatic heterocycles. The summed E-state index contributed by atoms with van der Waals surface area (Å²) in [5.41, 5.74) is 0. The maximum absolute atomic E-state index is 2.42. The van der Waals surface area contributed by atoms with Gasteiger partial charge in [0, 0.05) is 26.2 Å². The number of fused-ring (bicyclic) bond motifs is 1. The second-order valence-electron chi connectivity index (χ2n) is 2.82. The largest absolute Gasteiger partial charge is 0.321 e. The Morgan fingerprint density at radius 1 is 1.08 bits per heavy atom. The molecule has 3 heteroatoms. The number of rotatable bonds is 0. The standard InChI is InChI=1S/C9H11.2ClH.Zr/c1-2-5-9-7-3-6-8(9)4-1;;;/h1-2,4-6,8-9H,3,7H2;2*1H;/q-1;;;. The Kier molecular flexibility index (Phi) is 9.45. The minimum Gasteiger partial charge on any atom is -0.321 e. The van der Waals surface area contributed by atoms with Crippen LogP contribution in [0.5, 0.6) is 0 Å². The molecule has 2 rings (SSSR count). The first-order valence-electron chi connectivity index (χ1n) is 3.65. The summed E-state index contributed by atoms with van der Waals surface area (Å²) in [6.45, 7) is 0. The molecule has 0 bridgehead atoms. The first kappa shape index (κ1) is 15.4. The van der Waals surface area contributed by atoms with E-state index in [1.165, 1.54) is 12.8 Å². The summed E-state index contributed by atoms with van der Waals surface area (Å²) in [6, 6.07) is 0. The third-order valence-electron chi connectivity index (χ3n) is 2.24. The molecule has 2 aliphatic carbocycles. The van der Waals surface area contributed by atoms with Crippen LogP contribution in [-0.4, -0.2) is 0 Å². The van der Waals surface area contributed by atoms with Gasteiger partial charge in [-0.25, -0.2) is 0 Å². The van der Waals surface area contributed by atoms with Gasteiger partial charge in [0.25, 0.3) is 0 Å². The third-order valence-corrected chi connectivity index (χ3v) is 2.24. The summed E-state index contributed by atoms with van der Waals surface area (Å²) in [5, 5.41) is 0. The molecule has 0 aliphatic heterocycles. The van der Waals surface area contributed by atoms with E-state index in [4.69, 9.17) is 0 Å². The zero-order valence-corrected chi connectivity index (χ0v) is 10.9. The van der Waals surface area contributed by atoms with Crippen molar-refractivity contribution >= 4 is 24.8 Å². The van der Waals surface area contributed by atoms with Gasteiger partial charge in [0.2, 0.25) is 0 Å². The first-order valence-corrected chi connectivity index (χ1v) is 3.65. The molecule has 2 atom stereocenters. The third kappa shape index (κ3) is 3.36. The molecule has 0 radical (unpaired) electrons. The Balaban J connectivity index is 0. The van der Waals surface area contributed by atoms with Gasteiger partial charge in [-0.2, -0.15) is 6.42 Å². The Labute approximate surface area is 106 Å². The molecule has 68 valence electrons. The molecule has 0 nitrogen and oxygen atoms in total. The molecule has 0 aromatic carbocycles. The maximum Gasteiger partial charge on any atom is 0 e. The van der Waals surface area contributed by atoms with Crippen molar-refractivity contribution in [3.05, 3.63) is 30.7 Å². The fourth-order valence-electron chi connectivity index (χ4n) is 1.69. The normalized spacial score (nSPS) is 29.3. The van der Waals surface area contributed by atoms with Crippen molar-refractivity contribution in [3.63, 3.8) is 0 Å². The summed E-state index contributed by atoms with van der Waals surface area (Å²) in [5.74, 6) is 1.62. The van der Waals surface area contributed by atoms with E-state index in [0.29, 0.717) is 0 Å². The Bertz CT molecular complexity index is 148. The molecule has 1 fully saturated rings. The molecule has 0 saturated heterocycles. The first-order chi connectivity index (χ1) is 4.47. The number of halogens is 2. The van der Waals surface area contributed by atoms with Crippen molar-refractivity contribution in [2.75, 3.05) is 0 Å². The fourth-order valence-corrected chi connectivity index (χ4v) is 1.69. The average Bonchev–Trinajstić information content (AvgIpc) is 2.33. The number of hydrogen-bond donors (Lipinski definition) is 0. The quantitative estimate of drug-likeness (QED) is 0.599. The van der Waals surface area contributed by atoms with Crippen LogP contribution in [0.2, 0.25) is 0 Å². The predicted octanol–water partition coefficient (Wildman–Crippen LogP) is 3.18. The smallest absolute Gasteiger partial charge is 0 e. The molecule has 0 heterocycles. The van der Waals surface area contributed by atoms with Gasteiger partial charge < -0.3 is 6.42 Å². The van der Waals surface area contributed by atoms with Crippen molar-refractivity contribution in [2.45, 2.75) is 12.8 Å². The summed E-state index contributed by atoms with van der Waals surface area (Å²) >= 11 is 0. The van der Waals surface area contributed by atoms with E-state index < -0.39 is 0 Å². The van der Waals surface area contributed by atoms with Crippen LogP contribution in [0, 0.1) is 18.3 Å². The monoisotopic (exact) mass is 281 g/mol. The molecule has 1 saturated carbocycles. The van der Waals surface area contributed by atoms with E-state index in [2.05, 4.69) is 30.7 Å². The molecule has 0 spiro atoms. The van der Waals surface area contributed by atoms with Crippen LogP contribution >= 0.6 is 24.8 Å². The minimum absolute atomic E-state index is 0. The van der Waals surface area contributed by atoms with E-state index in [1.54, 1.807) is 0 Å². The van der Waals surface area contributed by atoms with Gasteiger partial charge >= 0.3 is 0 Å². The molecule has 0 amide bonds. The summed E-state index contributed by atoms with van der Waals surface area (Å²) < 4.78 is 0. The Morgan fingerprint density at radius 3 is 2.42 bits per heavy atom. The van der Waals surface area contributed by atoms with Crippen molar-refractivity contribution in [3.8, 4) is 0 Å². The molecule has 2 unspecified atom stereocenters. The Morgan fingerprint density at radius 2 is 1.75 bits per heavy atom. The van der Waals surface area contributed by atoms with Gasteiger partial charge in [0.1, 0.15) is 0 Å². The Hall–Kier alpha value is 0.943. The van der Waals surface area contributed by atoms with Gasteiger partial charge in [-0.15, -0.1) is 36.8 Å². The van der Waals surface area contributed by atoms with E-state index in [1.807, 2.05) is 0 Å². The molecule has 2 aliphatic rings. The van der Waals surface area contributed by atoms with E-state index in [-0.39, 0.29) is 51.0 Å². The second-order valence-corrected chi connectivity index (χ2v) is 2.82. The predicted molar refractivity (Wildman–Crippen MR) is 53.3 cm³/mol. The van der Waals surface area contributed by atoms with Crippen LogP contribution < -0.4 is 0 Å². The SMILES string of the molecule is C1=CC2[CH-]CCC2C=C1.Cl.Cl.[Zr]. The zero-order valence-electron chi connectivity index (χ0n) is 6.77. The minimum atomic E-state index is 0. The van der Waals surface area contributed by atoms with E-state index in [0.717, 1.165) is 11.8 Å². The van der Waals surface area contributed by atoms with Gasteiger partial charge in [0.15, 0.2) is 0 Å². The summed E-state index contributed by atoms with van der Waals surface area (Å²) in [4.78, 5) is 0. The zero-order chi connectivity index (χ0) is 6.10. The molecule has 0 aromatic rings.